The van der Waals surface area contributed by atoms with Crippen LogP contribution in [0.3, 0.4) is 0 Å². The number of rotatable bonds is 11. The fraction of sp³-hybridized carbons (Fsp3) is 0.944. The van der Waals surface area contributed by atoms with Crippen LogP contribution < -0.4 is 10.6 Å². The molecule has 0 aromatic carbocycles. The van der Waals surface area contributed by atoms with E-state index in [4.69, 9.17) is 4.74 Å². The lowest BCUT2D eigenvalue weighted by Gasteiger charge is -2.25. The second-order valence-electron chi connectivity index (χ2n) is 7.29. The Morgan fingerprint density at radius 3 is 2.27 bits per heavy atom. The van der Waals surface area contributed by atoms with Crippen LogP contribution in [0.2, 0.25) is 0 Å². The smallest absolute Gasteiger partial charge is 0.407 e. The maximum atomic E-state index is 11.7. The second kappa shape index (κ2) is 11.8. The van der Waals surface area contributed by atoms with E-state index in [2.05, 4.69) is 31.4 Å². The number of hydrogen-bond donors (Lipinski definition) is 2. The van der Waals surface area contributed by atoms with Crippen molar-refractivity contribution < 1.29 is 9.53 Å². The summed E-state index contributed by atoms with van der Waals surface area (Å²) in [4.78, 5) is 11.7. The van der Waals surface area contributed by atoms with E-state index in [1.807, 2.05) is 20.8 Å². The van der Waals surface area contributed by atoms with Gasteiger partial charge < -0.3 is 15.4 Å². The number of unbranched alkanes of at least 4 members (excludes halogenated alkanes) is 3. The summed E-state index contributed by atoms with van der Waals surface area (Å²) in [6.07, 6.45) is 8.24. The Labute approximate surface area is 137 Å². The van der Waals surface area contributed by atoms with Gasteiger partial charge in [0.1, 0.15) is 5.60 Å². The first-order valence-corrected chi connectivity index (χ1v) is 9.01. The topological polar surface area (TPSA) is 50.4 Å². The molecule has 0 rings (SSSR count). The van der Waals surface area contributed by atoms with E-state index in [1.54, 1.807) is 0 Å². The molecule has 0 saturated heterocycles. The minimum atomic E-state index is -0.440. The molecule has 0 heterocycles. The van der Waals surface area contributed by atoms with E-state index in [0.717, 1.165) is 12.8 Å². The molecule has 0 aromatic rings. The molecule has 0 aliphatic carbocycles. The summed E-state index contributed by atoms with van der Waals surface area (Å²) in [6.45, 7) is 12.9. The fourth-order valence-corrected chi connectivity index (χ4v) is 2.48. The molecule has 0 fully saturated rings. The molecule has 22 heavy (non-hydrogen) atoms. The number of carbonyl (C=O) groups is 1. The summed E-state index contributed by atoms with van der Waals surface area (Å²) >= 11 is 0. The van der Waals surface area contributed by atoms with Crippen LogP contribution >= 0.6 is 0 Å². The van der Waals surface area contributed by atoms with Crippen LogP contribution in [0.15, 0.2) is 0 Å². The van der Waals surface area contributed by atoms with Crippen molar-refractivity contribution in [2.75, 3.05) is 6.54 Å². The first kappa shape index (κ1) is 21.2. The monoisotopic (exact) mass is 314 g/mol. The van der Waals surface area contributed by atoms with Gasteiger partial charge in [-0.1, -0.05) is 46.0 Å². The largest absolute Gasteiger partial charge is 0.444 e. The number of nitrogens with one attached hydrogen (secondary N) is 2. The third-order valence-electron chi connectivity index (χ3n) is 3.54. The molecule has 2 unspecified atom stereocenters. The SMILES string of the molecule is CCCCCCC(C)NC(CCC)CNC(=O)OC(C)(C)C. The summed E-state index contributed by atoms with van der Waals surface area (Å²) in [5.74, 6) is 0. The molecule has 2 atom stereocenters. The van der Waals surface area contributed by atoms with Crippen LogP contribution in [-0.2, 0) is 4.74 Å². The Balaban J connectivity index is 4.06. The molecule has 0 radical (unpaired) electrons. The van der Waals surface area contributed by atoms with Crippen molar-refractivity contribution in [3.05, 3.63) is 0 Å². The van der Waals surface area contributed by atoms with Gasteiger partial charge in [-0.3, -0.25) is 0 Å². The highest BCUT2D eigenvalue weighted by Gasteiger charge is 2.18. The van der Waals surface area contributed by atoms with E-state index < -0.39 is 5.60 Å². The van der Waals surface area contributed by atoms with Crippen molar-refractivity contribution in [3.8, 4) is 0 Å². The minimum Gasteiger partial charge on any atom is -0.444 e. The molecule has 4 nitrogen and oxygen atoms in total. The van der Waals surface area contributed by atoms with Gasteiger partial charge >= 0.3 is 6.09 Å². The summed E-state index contributed by atoms with van der Waals surface area (Å²) in [6, 6.07) is 0.813. The predicted molar refractivity (Wildman–Crippen MR) is 94.3 cm³/mol. The summed E-state index contributed by atoms with van der Waals surface area (Å²) in [5.41, 5.74) is -0.440. The van der Waals surface area contributed by atoms with E-state index in [-0.39, 0.29) is 6.09 Å². The van der Waals surface area contributed by atoms with Gasteiger partial charge in [0.05, 0.1) is 0 Å². The Hall–Kier alpha value is -0.770. The minimum absolute atomic E-state index is 0.318. The molecule has 0 spiro atoms. The van der Waals surface area contributed by atoms with Crippen LogP contribution in [0.5, 0.6) is 0 Å². The van der Waals surface area contributed by atoms with Gasteiger partial charge in [-0.05, 0) is 40.5 Å². The van der Waals surface area contributed by atoms with Crippen molar-refractivity contribution in [2.24, 2.45) is 0 Å². The highest BCUT2D eigenvalue weighted by atomic mass is 16.6. The van der Waals surface area contributed by atoms with Gasteiger partial charge in [-0.15, -0.1) is 0 Å². The molecule has 0 aliphatic rings. The van der Waals surface area contributed by atoms with E-state index in [9.17, 15) is 4.79 Å². The van der Waals surface area contributed by atoms with Crippen molar-refractivity contribution in [1.29, 1.82) is 0 Å². The average molecular weight is 315 g/mol. The molecule has 0 aliphatic heterocycles. The molecule has 2 N–H and O–H groups in total. The lowest BCUT2D eigenvalue weighted by molar-refractivity contribution is 0.0521. The third kappa shape index (κ3) is 12.9. The number of hydrogen-bond acceptors (Lipinski definition) is 3. The summed E-state index contributed by atoms with van der Waals surface area (Å²) in [5, 5.41) is 6.52. The Morgan fingerprint density at radius 1 is 1.05 bits per heavy atom. The number of alkyl carbamates (subject to hydrolysis) is 1. The molecular weight excluding hydrogens is 276 g/mol. The zero-order valence-corrected chi connectivity index (χ0v) is 15.6. The molecule has 1 amide bonds. The van der Waals surface area contributed by atoms with Crippen molar-refractivity contribution >= 4 is 6.09 Å². The average Bonchev–Trinajstić information content (AvgIpc) is 2.39. The zero-order chi connectivity index (χ0) is 17.0. The van der Waals surface area contributed by atoms with E-state index >= 15 is 0 Å². The third-order valence-corrected chi connectivity index (χ3v) is 3.54. The first-order valence-electron chi connectivity index (χ1n) is 9.01. The Kier molecular flexibility index (Phi) is 11.3. The van der Waals surface area contributed by atoms with Gasteiger partial charge in [0, 0.05) is 18.6 Å². The predicted octanol–water partition coefficient (Wildman–Crippen LogP) is 4.63. The summed E-state index contributed by atoms with van der Waals surface area (Å²) in [7, 11) is 0. The molecule has 0 saturated carbocycles. The number of carbonyl (C=O) groups excluding carboxylic acids is 1. The van der Waals surface area contributed by atoms with Gasteiger partial charge in [0.2, 0.25) is 0 Å². The highest BCUT2D eigenvalue weighted by molar-refractivity contribution is 5.67. The lowest BCUT2D eigenvalue weighted by Crippen LogP contribution is -2.45. The van der Waals surface area contributed by atoms with Gasteiger partial charge in [-0.2, -0.15) is 0 Å². The summed E-state index contributed by atoms with van der Waals surface area (Å²) < 4.78 is 5.29. The normalized spacial score (nSPS) is 14.5. The van der Waals surface area contributed by atoms with Crippen LogP contribution in [0, 0.1) is 0 Å². The number of ether oxygens (including phenoxy) is 1. The maximum Gasteiger partial charge on any atom is 0.407 e. The van der Waals surface area contributed by atoms with Crippen molar-refractivity contribution in [3.63, 3.8) is 0 Å². The maximum absolute atomic E-state index is 11.7. The van der Waals surface area contributed by atoms with Gasteiger partial charge in [0.15, 0.2) is 0 Å². The molecular formula is C18H38N2O2. The molecule has 132 valence electrons. The van der Waals surface area contributed by atoms with Gasteiger partial charge in [0.25, 0.3) is 0 Å². The Morgan fingerprint density at radius 2 is 1.73 bits per heavy atom. The van der Waals surface area contributed by atoms with Crippen LogP contribution in [0.25, 0.3) is 0 Å². The second-order valence-corrected chi connectivity index (χ2v) is 7.29. The van der Waals surface area contributed by atoms with Crippen molar-refractivity contribution in [2.45, 2.75) is 104 Å². The quantitative estimate of drug-likeness (QED) is 0.547. The fourth-order valence-electron chi connectivity index (χ4n) is 2.48. The van der Waals surface area contributed by atoms with Crippen LogP contribution in [-0.4, -0.2) is 30.3 Å². The standard InChI is InChI=1S/C18H38N2O2/c1-7-9-10-11-13-15(3)20-16(12-8-2)14-19-17(21)22-18(4,5)6/h15-16,20H,7-14H2,1-6H3,(H,19,21). The molecule has 0 aromatic heterocycles. The van der Waals surface area contributed by atoms with E-state index in [0.29, 0.717) is 18.6 Å². The van der Waals surface area contributed by atoms with Crippen molar-refractivity contribution in [1.82, 2.24) is 10.6 Å². The Bertz CT molecular complexity index is 287. The van der Waals surface area contributed by atoms with E-state index in [1.165, 1.54) is 32.1 Å². The lowest BCUT2D eigenvalue weighted by atomic mass is 10.1. The van der Waals surface area contributed by atoms with Crippen LogP contribution in [0.1, 0.15) is 86.5 Å². The highest BCUT2D eigenvalue weighted by Crippen LogP contribution is 2.08. The first-order chi connectivity index (χ1) is 10.3. The molecule has 0 bridgehead atoms. The van der Waals surface area contributed by atoms with Gasteiger partial charge in [-0.25, -0.2) is 4.79 Å². The number of amides is 1. The van der Waals surface area contributed by atoms with Crippen LogP contribution in [0.4, 0.5) is 4.79 Å². The zero-order valence-electron chi connectivity index (χ0n) is 15.6. The molecule has 4 heteroatoms.